The number of esters is 1. The highest BCUT2D eigenvalue weighted by molar-refractivity contribution is 5.96. The Labute approximate surface area is 203 Å². The highest BCUT2D eigenvalue weighted by Crippen LogP contribution is 2.25. The minimum absolute atomic E-state index is 0.160. The molecule has 1 aliphatic heterocycles. The number of carbonyl (C=O) groups is 2. The van der Waals surface area contributed by atoms with Crippen LogP contribution in [0.25, 0.3) is 0 Å². The molecule has 0 unspecified atom stereocenters. The lowest BCUT2D eigenvalue weighted by Gasteiger charge is -2.19. The molecule has 0 bridgehead atoms. The number of aryl methyl sites for hydroxylation is 3. The molecule has 9 nitrogen and oxygen atoms in total. The van der Waals surface area contributed by atoms with E-state index in [1.807, 2.05) is 12.1 Å². The molecule has 0 aromatic carbocycles. The fourth-order valence-corrected chi connectivity index (χ4v) is 4.41. The van der Waals surface area contributed by atoms with Crippen molar-refractivity contribution in [1.29, 1.82) is 0 Å². The van der Waals surface area contributed by atoms with Crippen LogP contribution in [0.4, 0.5) is 0 Å². The number of pyridine rings is 2. The molecule has 4 rings (SSSR count). The molecule has 9 heteroatoms. The lowest BCUT2D eigenvalue weighted by molar-refractivity contribution is 0.0593. The first kappa shape index (κ1) is 24.3. The zero-order valence-corrected chi connectivity index (χ0v) is 20.2. The Morgan fingerprint density at radius 1 is 1.11 bits per heavy atom. The van der Waals surface area contributed by atoms with Gasteiger partial charge in [-0.1, -0.05) is 0 Å². The number of hydrogen-bond acceptors (Lipinski definition) is 7. The van der Waals surface area contributed by atoms with Crippen LogP contribution in [0.1, 0.15) is 49.9 Å². The van der Waals surface area contributed by atoms with Gasteiger partial charge in [-0.05, 0) is 50.5 Å². The van der Waals surface area contributed by atoms with Crippen LogP contribution in [-0.2, 0) is 24.1 Å². The van der Waals surface area contributed by atoms with Crippen LogP contribution in [0.3, 0.4) is 0 Å². The number of methoxy groups -OCH3 is 1. The van der Waals surface area contributed by atoms with Gasteiger partial charge in [0.25, 0.3) is 11.5 Å². The molecule has 0 saturated carbocycles. The lowest BCUT2D eigenvalue weighted by atomic mass is 10.1. The molecule has 1 aliphatic rings. The second-order valence-electron chi connectivity index (χ2n) is 8.49. The first-order chi connectivity index (χ1) is 16.9. The van der Waals surface area contributed by atoms with E-state index in [1.54, 1.807) is 37.2 Å². The van der Waals surface area contributed by atoms with Gasteiger partial charge < -0.3 is 23.4 Å². The number of nitrogens with zero attached hydrogens (tertiary/aromatic N) is 3. The fraction of sp³-hybridized carbons (Fsp3) is 0.385. The van der Waals surface area contributed by atoms with Crippen LogP contribution in [-0.4, -0.2) is 53.1 Å². The van der Waals surface area contributed by atoms with Gasteiger partial charge in [0.15, 0.2) is 0 Å². The highest BCUT2D eigenvalue weighted by atomic mass is 16.5. The monoisotopic (exact) mass is 479 g/mol. The molecule has 0 fully saturated rings. The van der Waals surface area contributed by atoms with E-state index >= 15 is 0 Å². The molecule has 4 heterocycles. The third-order valence-electron chi connectivity index (χ3n) is 6.16. The van der Waals surface area contributed by atoms with Crippen LogP contribution in [0, 0.1) is 13.8 Å². The number of ether oxygens (including phenoxy) is 2. The molecule has 184 valence electrons. The van der Waals surface area contributed by atoms with Crippen molar-refractivity contribution in [3.8, 4) is 5.75 Å². The van der Waals surface area contributed by atoms with Crippen LogP contribution >= 0.6 is 0 Å². The van der Waals surface area contributed by atoms with E-state index in [1.165, 1.54) is 17.7 Å². The molecule has 0 saturated heterocycles. The normalized spacial score (nSPS) is 13.2. The predicted octanol–water partition coefficient (Wildman–Crippen LogP) is 2.95. The summed E-state index contributed by atoms with van der Waals surface area (Å²) in [6.07, 6.45) is 5.28. The summed E-state index contributed by atoms with van der Waals surface area (Å²) >= 11 is 0. The standard InChI is InChI=1S/C26H29N3O6/c1-17-15-20(18(2)35-17)25(31)28-11-8-21-24(26(32)33-3)22(16-23(30)29(21)13-12-28)34-14-4-5-19-6-9-27-10-7-19/h6-7,9-10,15-16H,4-5,8,11-14H2,1-3H3. The van der Waals surface area contributed by atoms with Crippen molar-refractivity contribution >= 4 is 11.9 Å². The average Bonchev–Trinajstić information content (AvgIpc) is 3.05. The van der Waals surface area contributed by atoms with Crippen molar-refractivity contribution in [2.24, 2.45) is 0 Å². The molecule has 3 aromatic heterocycles. The van der Waals surface area contributed by atoms with E-state index in [9.17, 15) is 14.4 Å². The fourth-order valence-electron chi connectivity index (χ4n) is 4.41. The number of rotatable bonds is 7. The quantitative estimate of drug-likeness (QED) is 0.379. The lowest BCUT2D eigenvalue weighted by Crippen LogP contribution is -2.34. The number of fused-ring (bicyclic) bond motifs is 1. The van der Waals surface area contributed by atoms with Gasteiger partial charge in [-0.15, -0.1) is 0 Å². The van der Waals surface area contributed by atoms with E-state index in [0.717, 1.165) is 12.0 Å². The van der Waals surface area contributed by atoms with E-state index in [-0.39, 0.29) is 29.3 Å². The molecule has 0 aliphatic carbocycles. The Morgan fingerprint density at radius 2 is 1.89 bits per heavy atom. The second-order valence-corrected chi connectivity index (χ2v) is 8.49. The number of hydrogen-bond donors (Lipinski definition) is 0. The molecular formula is C26H29N3O6. The predicted molar refractivity (Wildman–Crippen MR) is 128 cm³/mol. The maximum absolute atomic E-state index is 13.1. The van der Waals surface area contributed by atoms with Gasteiger partial charge in [0.2, 0.25) is 0 Å². The first-order valence-corrected chi connectivity index (χ1v) is 11.6. The summed E-state index contributed by atoms with van der Waals surface area (Å²) in [5, 5.41) is 0. The summed E-state index contributed by atoms with van der Waals surface area (Å²) < 4.78 is 18.0. The topological polar surface area (TPSA) is 104 Å². The van der Waals surface area contributed by atoms with Crippen LogP contribution in [0.5, 0.6) is 5.75 Å². The average molecular weight is 480 g/mol. The third-order valence-corrected chi connectivity index (χ3v) is 6.16. The minimum atomic E-state index is -0.570. The van der Waals surface area contributed by atoms with Crippen LogP contribution < -0.4 is 10.3 Å². The summed E-state index contributed by atoms with van der Waals surface area (Å²) in [5.41, 5.74) is 2.12. The third kappa shape index (κ3) is 5.29. The number of aromatic nitrogens is 2. The summed E-state index contributed by atoms with van der Waals surface area (Å²) in [7, 11) is 1.30. The molecule has 0 spiro atoms. The molecule has 1 amide bonds. The van der Waals surface area contributed by atoms with E-state index < -0.39 is 5.97 Å². The van der Waals surface area contributed by atoms with Crippen molar-refractivity contribution in [2.45, 2.75) is 39.7 Å². The smallest absolute Gasteiger partial charge is 0.343 e. The molecular weight excluding hydrogens is 450 g/mol. The Balaban J connectivity index is 1.55. The van der Waals surface area contributed by atoms with Crippen molar-refractivity contribution in [1.82, 2.24) is 14.5 Å². The van der Waals surface area contributed by atoms with Gasteiger partial charge in [0, 0.05) is 50.2 Å². The Hall–Kier alpha value is -3.88. The second kappa shape index (κ2) is 10.6. The maximum Gasteiger partial charge on any atom is 0.343 e. The van der Waals surface area contributed by atoms with E-state index in [0.29, 0.717) is 55.3 Å². The SMILES string of the molecule is COC(=O)c1c(OCCCc2ccncc2)cc(=O)n2c1CCN(C(=O)c1cc(C)oc1C)CC2. The maximum atomic E-state index is 13.1. The molecule has 3 aromatic rings. The van der Waals surface area contributed by atoms with Crippen molar-refractivity contribution in [3.63, 3.8) is 0 Å². The largest absolute Gasteiger partial charge is 0.492 e. The summed E-state index contributed by atoms with van der Waals surface area (Å²) in [4.78, 5) is 44.5. The van der Waals surface area contributed by atoms with Gasteiger partial charge in [0.05, 0.1) is 19.3 Å². The van der Waals surface area contributed by atoms with Crippen LogP contribution in [0.15, 0.2) is 45.9 Å². The summed E-state index contributed by atoms with van der Waals surface area (Å²) in [5.74, 6) is 0.707. The Bertz CT molecular complexity index is 1280. The highest BCUT2D eigenvalue weighted by Gasteiger charge is 2.28. The molecule has 0 atom stereocenters. The van der Waals surface area contributed by atoms with Gasteiger partial charge in [-0.3, -0.25) is 14.6 Å². The number of amides is 1. The zero-order chi connectivity index (χ0) is 24.9. The van der Waals surface area contributed by atoms with Crippen molar-refractivity contribution < 1.29 is 23.5 Å². The summed E-state index contributed by atoms with van der Waals surface area (Å²) in [6, 6.07) is 6.94. The van der Waals surface area contributed by atoms with E-state index in [4.69, 9.17) is 13.9 Å². The van der Waals surface area contributed by atoms with Crippen molar-refractivity contribution in [2.75, 3.05) is 26.8 Å². The van der Waals surface area contributed by atoms with Crippen LogP contribution in [0.2, 0.25) is 0 Å². The number of furan rings is 1. The van der Waals surface area contributed by atoms with Gasteiger partial charge in [-0.25, -0.2) is 4.79 Å². The molecule has 0 N–H and O–H groups in total. The molecule has 0 radical (unpaired) electrons. The van der Waals surface area contributed by atoms with Crippen molar-refractivity contribution in [3.05, 3.63) is 80.9 Å². The molecule has 35 heavy (non-hydrogen) atoms. The van der Waals surface area contributed by atoms with Gasteiger partial charge >= 0.3 is 5.97 Å². The van der Waals surface area contributed by atoms with Gasteiger partial charge in [-0.2, -0.15) is 0 Å². The Morgan fingerprint density at radius 3 is 2.57 bits per heavy atom. The summed E-state index contributed by atoms with van der Waals surface area (Å²) in [6.45, 7) is 4.83. The van der Waals surface area contributed by atoms with E-state index in [2.05, 4.69) is 4.98 Å². The Kier molecular flexibility index (Phi) is 7.33. The zero-order valence-electron chi connectivity index (χ0n) is 20.2. The van der Waals surface area contributed by atoms with Gasteiger partial charge in [0.1, 0.15) is 22.8 Å². The number of carbonyl (C=O) groups excluding carboxylic acids is 2. The minimum Gasteiger partial charge on any atom is -0.492 e. The first-order valence-electron chi connectivity index (χ1n) is 11.6.